The van der Waals surface area contributed by atoms with Crippen LogP contribution in [-0.4, -0.2) is 79.2 Å². The molecule has 0 aromatic heterocycles. The zero-order valence-electron chi connectivity index (χ0n) is 28.8. The van der Waals surface area contributed by atoms with Crippen molar-refractivity contribution in [3.8, 4) is 5.75 Å². The van der Waals surface area contributed by atoms with E-state index >= 15 is 0 Å². The van der Waals surface area contributed by atoms with Crippen LogP contribution in [-0.2, 0) is 17.1 Å². The Labute approximate surface area is 302 Å². The third-order valence-corrected chi connectivity index (χ3v) is 8.76. The molecule has 1 saturated heterocycles. The third-order valence-electron chi connectivity index (χ3n) is 8.76. The van der Waals surface area contributed by atoms with Gasteiger partial charge in [0.15, 0.2) is 0 Å². The van der Waals surface area contributed by atoms with Gasteiger partial charge in [0.05, 0.1) is 36.4 Å². The number of rotatable bonds is 9. The molecule has 3 N–H and O–H groups in total. The number of piperazine rings is 1. The summed E-state index contributed by atoms with van der Waals surface area (Å²) < 4.78 is 85.3. The number of carboxylic acids is 1. The average molecular weight is 745 g/mol. The largest absolute Gasteiger partial charge is 0.495 e. The maximum Gasteiger partial charge on any atom is 0.416 e. The fourth-order valence-electron chi connectivity index (χ4n) is 6.11. The molecule has 1 aliphatic heterocycles. The minimum Gasteiger partial charge on any atom is -0.495 e. The number of urea groups is 1. The quantitative estimate of drug-likeness (QED) is 0.173. The molecule has 0 radical (unpaired) electrons. The van der Waals surface area contributed by atoms with Crippen molar-refractivity contribution in [1.82, 2.24) is 9.80 Å². The van der Waals surface area contributed by atoms with Gasteiger partial charge in [-0.05, 0) is 41.5 Å². The molecule has 4 aromatic rings. The van der Waals surface area contributed by atoms with Crippen molar-refractivity contribution in [2.24, 2.45) is 5.73 Å². The van der Waals surface area contributed by atoms with Crippen LogP contribution >= 0.6 is 0 Å². The lowest BCUT2D eigenvalue weighted by Gasteiger charge is -2.35. The van der Waals surface area contributed by atoms with Gasteiger partial charge in [0.1, 0.15) is 5.75 Å². The number of hydrogen-bond donors (Lipinski definition) is 2. The minimum absolute atomic E-state index is 0.0672. The number of carbonyl (C=O) groups excluding carboxylic acids is 2. The van der Waals surface area contributed by atoms with Crippen molar-refractivity contribution in [2.75, 3.05) is 45.2 Å². The van der Waals surface area contributed by atoms with Gasteiger partial charge in [-0.2, -0.15) is 26.3 Å². The molecule has 3 amide bonds. The first-order chi connectivity index (χ1) is 25.0. The summed E-state index contributed by atoms with van der Waals surface area (Å²) in [7, 11) is 2.83. The van der Waals surface area contributed by atoms with E-state index < -0.39 is 59.3 Å². The van der Waals surface area contributed by atoms with Crippen molar-refractivity contribution in [3.63, 3.8) is 0 Å². The van der Waals surface area contributed by atoms with Crippen molar-refractivity contribution in [1.29, 1.82) is 0 Å². The Bertz CT molecular complexity index is 1780. The molecule has 0 saturated carbocycles. The number of para-hydroxylation sites is 2. The highest BCUT2D eigenvalue weighted by Gasteiger charge is 2.39. The zero-order chi connectivity index (χ0) is 38.9. The van der Waals surface area contributed by atoms with E-state index in [1.807, 2.05) is 24.3 Å². The summed E-state index contributed by atoms with van der Waals surface area (Å²) in [5.41, 5.74) is 3.44. The number of carboxylic acid groups (broad SMARTS) is 1. The summed E-state index contributed by atoms with van der Waals surface area (Å²) in [5, 5.41) is 9.59. The number of hydrogen-bond acceptors (Lipinski definition) is 5. The second-order valence-electron chi connectivity index (χ2n) is 12.2. The number of alkyl halides is 6. The first-order valence-corrected chi connectivity index (χ1v) is 16.3. The molecular weight excluding hydrogens is 706 g/mol. The Balaban J connectivity index is 0.000000306. The van der Waals surface area contributed by atoms with E-state index in [0.717, 1.165) is 29.4 Å². The molecule has 0 bridgehead atoms. The number of nitrogens with zero attached hydrogens (tertiary/aromatic N) is 3. The van der Waals surface area contributed by atoms with Gasteiger partial charge in [-0.1, -0.05) is 72.8 Å². The van der Waals surface area contributed by atoms with Gasteiger partial charge in [0, 0.05) is 44.7 Å². The van der Waals surface area contributed by atoms with Crippen molar-refractivity contribution in [3.05, 3.63) is 131 Å². The molecule has 1 heterocycles. The molecule has 15 heteroatoms. The van der Waals surface area contributed by atoms with Gasteiger partial charge in [-0.3, -0.25) is 9.59 Å². The second-order valence-corrected chi connectivity index (χ2v) is 12.2. The molecule has 0 aliphatic carbocycles. The predicted octanol–water partition coefficient (Wildman–Crippen LogP) is 7.37. The van der Waals surface area contributed by atoms with Crippen LogP contribution in [0.5, 0.6) is 5.75 Å². The van der Waals surface area contributed by atoms with E-state index in [0.29, 0.717) is 36.3 Å². The third kappa shape index (κ3) is 10.4. The van der Waals surface area contributed by atoms with Crippen molar-refractivity contribution < 1.29 is 50.6 Å². The summed E-state index contributed by atoms with van der Waals surface area (Å²) in [4.78, 5) is 40.9. The maximum atomic E-state index is 13.3. The number of likely N-dealkylation sites (N-methyl/N-ethyl adjacent to an activating group) is 1. The Morgan fingerprint density at radius 1 is 0.774 bits per heavy atom. The molecule has 5 rings (SSSR count). The molecule has 0 spiro atoms. The SMILES string of the molecule is CN(C(=O)c1cc(C(F)(F)F)cc(C(F)(F)F)c1)C(CC(=O)O)C(c1ccccc1)c1ccccc1.COc1ccccc1N1CCN(C(N)=O)CC1. The van der Waals surface area contributed by atoms with Crippen molar-refractivity contribution >= 4 is 23.6 Å². The van der Waals surface area contributed by atoms with Crippen molar-refractivity contribution in [2.45, 2.75) is 30.7 Å². The Hall–Kier alpha value is -5.73. The fraction of sp³-hybridized carbons (Fsp3) is 0.289. The summed E-state index contributed by atoms with van der Waals surface area (Å²) in [6.07, 6.45) is -10.9. The lowest BCUT2D eigenvalue weighted by molar-refractivity contribution is -0.143. The smallest absolute Gasteiger partial charge is 0.416 e. The van der Waals surface area contributed by atoms with Gasteiger partial charge < -0.3 is 30.3 Å². The van der Waals surface area contributed by atoms with E-state index in [-0.39, 0.29) is 12.1 Å². The van der Waals surface area contributed by atoms with Crippen LogP contribution in [0.4, 0.5) is 36.8 Å². The molecule has 1 fully saturated rings. The predicted molar refractivity (Wildman–Crippen MR) is 186 cm³/mol. The highest BCUT2D eigenvalue weighted by Crippen LogP contribution is 2.38. The van der Waals surface area contributed by atoms with Gasteiger partial charge in [0.2, 0.25) is 0 Å². The Morgan fingerprint density at radius 3 is 1.68 bits per heavy atom. The van der Waals surface area contributed by atoms with Crippen LogP contribution < -0.4 is 15.4 Å². The highest BCUT2D eigenvalue weighted by molar-refractivity contribution is 5.95. The Kier molecular flexibility index (Phi) is 13.0. The standard InChI is InChI=1S/C26H21F6NO3.C12H17N3O2/c1-33(24(36)18-12-19(25(27,28)29)14-20(13-18)26(30,31)32)21(15-22(34)35)23(16-8-4-2-5-9-16)17-10-6-3-7-11-17;1-17-11-5-3-2-4-10(11)14-6-8-15(9-7-14)12(13)16/h2-14,21,23H,15H2,1H3,(H,34,35);2-5H,6-9H2,1H3,(H2,13,16). The van der Waals surface area contributed by atoms with Gasteiger partial charge in [-0.25, -0.2) is 4.79 Å². The number of primary amides is 1. The van der Waals surface area contributed by atoms with Crippen LogP contribution in [0.2, 0.25) is 0 Å². The molecule has 1 aliphatic rings. The number of anilines is 1. The molecule has 1 atom stereocenters. The summed E-state index contributed by atoms with van der Waals surface area (Å²) in [6.45, 7) is 2.88. The molecule has 282 valence electrons. The Morgan fingerprint density at radius 2 is 1.25 bits per heavy atom. The van der Waals surface area contributed by atoms with E-state index in [1.54, 1.807) is 72.7 Å². The second kappa shape index (κ2) is 17.2. The van der Waals surface area contributed by atoms with Gasteiger partial charge in [-0.15, -0.1) is 0 Å². The summed E-state index contributed by atoms with van der Waals surface area (Å²) in [6, 6.07) is 24.1. The fourth-order valence-corrected chi connectivity index (χ4v) is 6.11. The number of halogens is 6. The van der Waals surface area contributed by atoms with Gasteiger partial charge >= 0.3 is 24.4 Å². The molecule has 1 unspecified atom stereocenters. The lowest BCUT2D eigenvalue weighted by atomic mass is 9.82. The number of aliphatic carboxylic acids is 1. The van der Waals surface area contributed by atoms with Gasteiger partial charge in [0.25, 0.3) is 5.91 Å². The van der Waals surface area contributed by atoms with E-state index in [2.05, 4.69) is 4.90 Å². The first-order valence-electron chi connectivity index (χ1n) is 16.3. The van der Waals surface area contributed by atoms with Crippen LogP contribution in [0.1, 0.15) is 45.0 Å². The van der Waals surface area contributed by atoms with Crippen LogP contribution in [0.15, 0.2) is 103 Å². The minimum atomic E-state index is -5.13. The molecule has 53 heavy (non-hydrogen) atoms. The van der Waals surface area contributed by atoms with E-state index in [9.17, 15) is 45.8 Å². The number of ether oxygens (including phenoxy) is 1. The maximum absolute atomic E-state index is 13.3. The van der Waals surface area contributed by atoms with Crippen LogP contribution in [0, 0.1) is 0 Å². The molecule has 4 aromatic carbocycles. The number of nitrogens with two attached hydrogens (primary N) is 1. The number of methoxy groups -OCH3 is 1. The van der Waals surface area contributed by atoms with E-state index in [1.165, 1.54) is 7.05 Å². The summed E-state index contributed by atoms with van der Waals surface area (Å²) in [5.74, 6) is -2.34. The normalized spacial score (nSPS) is 13.8. The first kappa shape index (κ1) is 40.0. The highest BCUT2D eigenvalue weighted by atomic mass is 19.4. The zero-order valence-corrected chi connectivity index (χ0v) is 28.8. The monoisotopic (exact) mass is 744 g/mol. The van der Waals surface area contributed by atoms with Crippen LogP contribution in [0.3, 0.4) is 0 Å². The molecular formula is C38H38F6N4O5. The van der Waals surface area contributed by atoms with Crippen LogP contribution in [0.25, 0.3) is 0 Å². The topological polar surface area (TPSA) is 116 Å². The average Bonchev–Trinajstić information content (AvgIpc) is 3.14. The number of amides is 3. The summed E-state index contributed by atoms with van der Waals surface area (Å²) >= 11 is 0. The lowest BCUT2D eigenvalue weighted by Crippen LogP contribution is -2.50. The number of carbonyl (C=O) groups is 3. The molecule has 9 nitrogen and oxygen atoms in total. The number of benzene rings is 4. The van der Waals surface area contributed by atoms with E-state index in [4.69, 9.17) is 10.5 Å².